The highest BCUT2D eigenvalue weighted by Gasteiger charge is 2.33. The largest absolute Gasteiger partial charge is 0.394 e. The minimum atomic E-state index is -0.288. The van der Waals surface area contributed by atoms with Crippen molar-refractivity contribution < 1.29 is 9.90 Å². The maximum Gasteiger partial charge on any atom is 0.234 e. The number of hydrogen-bond donors (Lipinski definition) is 3. The fourth-order valence-electron chi connectivity index (χ4n) is 2.87. The normalized spacial score (nSPS) is 18.2. The summed E-state index contributed by atoms with van der Waals surface area (Å²) in [5, 5.41) is 16.6. The summed E-state index contributed by atoms with van der Waals surface area (Å²) in [5.41, 5.74) is 0.616. The van der Waals surface area contributed by atoms with Gasteiger partial charge in [0.2, 0.25) is 5.91 Å². The molecule has 0 aliphatic heterocycles. The average molecular weight is 345 g/mol. The molecule has 1 aliphatic carbocycles. The summed E-state index contributed by atoms with van der Waals surface area (Å²) in [7, 11) is 0. The first kappa shape index (κ1) is 17.5. The number of aliphatic hydroxyl groups excluding tert-OH is 1. The van der Waals surface area contributed by atoms with Crippen molar-refractivity contribution in [3.05, 3.63) is 33.8 Å². The van der Waals surface area contributed by atoms with E-state index < -0.39 is 0 Å². The number of halogens is 2. The highest BCUT2D eigenvalue weighted by atomic mass is 35.5. The molecule has 0 heterocycles. The van der Waals surface area contributed by atoms with E-state index in [4.69, 9.17) is 23.2 Å². The van der Waals surface area contributed by atoms with Gasteiger partial charge in [-0.15, -0.1) is 0 Å². The monoisotopic (exact) mass is 344 g/mol. The van der Waals surface area contributed by atoms with E-state index in [0.717, 1.165) is 31.2 Å². The Morgan fingerprint density at radius 3 is 2.59 bits per heavy atom. The summed E-state index contributed by atoms with van der Waals surface area (Å²) in [5.74, 6) is -0.0988. The molecule has 2 rings (SSSR count). The number of rotatable bonds is 6. The minimum Gasteiger partial charge on any atom is -0.394 e. The van der Waals surface area contributed by atoms with Gasteiger partial charge < -0.3 is 15.7 Å². The molecule has 0 aromatic heterocycles. The molecule has 1 aromatic carbocycles. The zero-order chi connectivity index (χ0) is 16.2. The molecule has 6 heteroatoms. The highest BCUT2D eigenvalue weighted by Crippen LogP contribution is 2.29. The van der Waals surface area contributed by atoms with Gasteiger partial charge >= 0.3 is 0 Å². The van der Waals surface area contributed by atoms with Gasteiger partial charge in [0.05, 0.1) is 29.2 Å². The number of hydrogen-bond acceptors (Lipinski definition) is 3. The summed E-state index contributed by atoms with van der Waals surface area (Å²) in [6.07, 6.45) is 4.02. The van der Waals surface area contributed by atoms with E-state index in [2.05, 4.69) is 10.6 Å². The Bertz CT molecular complexity index is 531. The van der Waals surface area contributed by atoms with Crippen LogP contribution < -0.4 is 10.6 Å². The Morgan fingerprint density at radius 1 is 1.32 bits per heavy atom. The third-order valence-corrected chi connectivity index (χ3v) is 5.05. The van der Waals surface area contributed by atoms with Gasteiger partial charge in [-0.05, 0) is 37.5 Å². The van der Waals surface area contributed by atoms with Gasteiger partial charge in [-0.1, -0.05) is 42.1 Å². The van der Waals surface area contributed by atoms with E-state index >= 15 is 0 Å². The smallest absolute Gasteiger partial charge is 0.234 e. The third-order valence-electron chi connectivity index (χ3n) is 4.31. The van der Waals surface area contributed by atoms with Crippen LogP contribution in [0.1, 0.15) is 44.2 Å². The van der Waals surface area contributed by atoms with Gasteiger partial charge in [-0.3, -0.25) is 4.79 Å². The molecular formula is C16H22Cl2N2O2. The van der Waals surface area contributed by atoms with E-state index in [1.54, 1.807) is 12.1 Å². The number of aliphatic hydroxyl groups is 1. The summed E-state index contributed by atoms with van der Waals surface area (Å²) in [4.78, 5) is 12.1. The summed E-state index contributed by atoms with van der Waals surface area (Å²) >= 11 is 11.9. The molecule has 122 valence electrons. The number of carbonyl (C=O) groups is 1. The Balaban J connectivity index is 1.87. The van der Waals surface area contributed by atoms with Gasteiger partial charge in [0.15, 0.2) is 0 Å². The molecule has 1 saturated carbocycles. The quantitative estimate of drug-likeness (QED) is 0.743. The van der Waals surface area contributed by atoms with Crippen LogP contribution in [0.3, 0.4) is 0 Å². The van der Waals surface area contributed by atoms with Crippen LogP contribution in [0.2, 0.25) is 10.0 Å². The van der Waals surface area contributed by atoms with E-state index in [9.17, 15) is 9.90 Å². The van der Waals surface area contributed by atoms with E-state index in [1.807, 2.05) is 13.0 Å². The fraction of sp³-hybridized carbons (Fsp3) is 0.562. The SMILES string of the molecule is CC(NC(=O)CNC1(CO)CCCC1)c1ccc(Cl)c(Cl)c1. The first-order valence-corrected chi connectivity index (χ1v) is 8.31. The van der Waals surface area contributed by atoms with Crippen molar-refractivity contribution in [3.63, 3.8) is 0 Å². The standard InChI is InChI=1S/C16H22Cl2N2O2/c1-11(12-4-5-13(17)14(18)8-12)20-15(22)9-19-16(10-21)6-2-3-7-16/h4-5,8,11,19,21H,2-3,6-7,9-10H2,1H3,(H,20,22). The molecule has 22 heavy (non-hydrogen) atoms. The zero-order valence-corrected chi connectivity index (χ0v) is 14.2. The molecule has 0 spiro atoms. The molecule has 0 bridgehead atoms. The summed E-state index contributed by atoms with van der Waals surface area (Å²) < 4.78 is 0. The van der Waals surface area contributed by atoms with Gasteiger partial charge in [0.25, 0.3) is 0 Å². The van der Waals surface area contributed by atoms with Crippen LogP contribution in [0.4, 0.5) is 0 Å². The predicted molar refractivity (Wildman–Crippen MR) is 89.3 cm³/mol. The molecule has 1 fully saturated rings. The number of benzene rings is 1. The van der Waals surface area contributed by atoms with Gasteiger partial charge in [-0.2, -0.15) is 0 Å². The fourth-order valence-corrected chi connectivity index (χ4v) is 3.17. The summed E-state index contributed by atoms with van der Waals surface area (Å²) in [6, 6.07) is 5.17. The second-order valence-electron chi connectivity index (χ2n) is 5.96. The molecular weight excluding hydrogens is 323 g/mol. The van der Waals surface area contributed by atoms with Crippen LogP contribution in [-0.2, 0) is 4.79 Å². The van der Waals surface area contributed by atoms with Crippen molar-refractivity contribution in [1.29, 1.82) is 0 Å². The van der Waals surface area contributed by atoms with Crippen molar-refractivity contribution >= 4 is 29.1 Å². The molecule has 1 unspecified atom stereocenters. The lowest BCUT2D eigenvalue weighted by Crippen LogP contribution is -2.50. The van der Waals surface area contributed by atoms with Crippen LogP contribution in [0.25, 0.3) is 0 Å². The molecule has 1 amide bonds. The van der Waals surface area contributed by atoms with E-state index in [0.29, 0.717) is 10.0 Å². The molecule has 1 aliphatic rings. The Hall–Kier alpha value is -0.810. The maximum absolute atomic E-state index is 12.1. The second-order valence-corrected chi connectivity index (χ2v) is 6.78. The first-order valence-electron chi connectivity index (χ1n) is 7.56. The average Bonchev–Trinajstić information content (AvgIpc) is 2.97. The van der Waals surface area contributed by atoms with Crippen LogP contribution in [0, 0.1) is 0 Å². The Labute approximate surface area is 141 Å². The molecule has 1 aromatic rings. The Morgan fingerprint density at radius 2 is 2.00 bits per heavy atom. The van der Waals surface area contributed by atoms with Crippen LogP contribution in [0.15, 0.2) is 18.2 Å². The van der Waals surface area contributed by atoms with Crippen molar-refractivity contribution in [2.75, 3.05) is 13.2 Å². The number of nitrogens with one attached hydrogen (secondary N) is 2. The van der Waals surface area contributed by atoms with Gasteiger partial charge in [0.1, 0.15) is 0 Å². The van der Waals surface area contributed by atoms with Crippen molar-refractivity contribution in [3.8, 4) is 0 Å². The number of amides is 1. The third kappa shape index (κ3) is 4.35. The van der Waals surface area contributed by atoms with Crippen LogP contribution in [0.5, 0.6) is 0 Å². The molecule has 3 N–H and O–H groups in total. The second kappa shape index (κ2) is 7.64. The van der Waals surface area contributed by atoms with Crippen molar-refractivity contribution in [2.45, 2.75) is 44.2 Å². The van der Waals surface area contributed by atoms with Crippen LogP contribution in [-0.4, -0.2) is 29.7 Å². The predicted octanol–water partition coefficient (Wildman–Crippen LogP) is 3.07. The van der Waals surface area contributed by atoms with Crippen molar-refractivity contribution in [1.82, 2.24) is 10.6 Å². The lowest BCUT2D eigenvalue weighted by Gasteiger charge is -2.28. The Kier molecular flexibility index (Phi) is 6.09. The van der Waals surface area contributed by atoms with E-state index in [1.165, 1.54) is 0 Å². The molecule has 0 radical (unpaired) electrons. The topological polar surface area (TPSA) is 61.4 Å². The van der Waals surface area contributed by atoms with Gasteiger partial charge in [0, 0.05) is 5.54 Å². The lowest BCUT2D eigenvalue weighted by molar-refractivity contribution is -0.121. The molecule has 0 saturated heterocycles. The maximum atomic E-state index is 12.1. The zero-order valence-electron chi connectivity index (χ0n) is 12.7. The molecule has 4 nitrogen and oxygen atoms in total. The summed E-state index contributed by atoms with van der Waals surface area (Å²) in [6.45, 7) is 2.17. The number of carbonyl (C=O) groups excluding carboxylic acids is 1. The van der Waals surface area contributed by atoms with Gasteiger partial charge in [-0.25, -0.2) is 0 Å². The molecule has 1 atom stereocenters. The first-order chi connectivity index (χ1) is 10.5. The minimum absolute atomic E-state index is 0.0720. The highest BCUT2D eigenvalue weighted by molar-refractivity contribution is 6.42. The van der Waals surface area contributed by atoms with Crippen molar-refractivity contribution in [2.24, 2.45) is 0 Å². The van der Waals surface area contributed by atoms with E-state index in [-0.39, 0.29) is 30.6 Å². The lowest BCUT2D eigenvalue weighted by atomic mass is 9.99. The van der Waals surface area contributed by atoms with Crippen LogP contribution >= 0.6 is 23.2 Å².